The fourth-order valence-corrected chi connectivity index (χ4v) is 1.53. The summed E-state index contributed by atoms with van der Waals surface area (Å²) in [6.45, 7) is -0.614. The molecule has 1 rings (SSSR count). The molecular weight excluding hydrogens is 293 g/mol. The highest BCUT2D eigenvalue weighted by Gasteiger charge is 2.20. The number of halogens is 2. The largest absolute Gasteiger partial charge is 0.482 e. The summed E-state index contributed by atoms with van der Waals surface area (Å²) in [5.41, 5.74) is 0. The van der Waals surface area contributed by atoms with Crippen molar-refractivity contribution in [1.82, 2.24) is 5.32 Å². The second-order valence-corrected chi connectivity index (χ2v) is 4.18. The van der Waals surface area contributed by atoms with Crippen LogP contribution in [0.1, 0.15) is 0 Å². The Bertz CT molecular complexity index is 497. The van der Waals surface area contributed by atoms with Gasteiger partial charge in [-0.1, -0.05) is 11.6 Å². The van der Waals surface area contributed by atoms with Crippen LogP contribution in [0.3, 0.4) is 0 Å². The lowest BCUT2D eigenvalue weighted by atomic mass is 10.3. The Kier molecular flexibility index (Phi) is 6.20. The van der Waals surface area contributed by atoms with Gasteiger partial charge in [0.2, 0.25) is 0 Å². The highest BCUT2D eigenvalue weighted by atomic mass is 35.5. The molecule has 20 heavy (non-hydrogen) atoms. The molecule has 1 aromatic carbocycles. The molecule has 0 aliphatic rings. The van der Waals surface area contributed by atoms with Crippen molar-refractivity contribution in [1.29, 1.82) is 0 Å². The van der Waals surface area contributed by atoms with E-state index in [1.807, 2.05) is 0 Å². The molecule has 0 spiro atoms. The Morgan fingerprint density at radius 1 is 1.50 bits per heavy atom. The van der Waals surface area contributed by atoms with E-state index in [9.17, 15) is 14.0 Å². The number of hydrogen-bond donors (Lipinski definition) is 2. The summed E-state index contributed by atoms with van der Waals surface area (Å²) in [5, 5.41) is 11.0. The van der Waals surface area contributed by atoms with Crippen LogP contribution < -0.4 is 10.1 Å². The van der Waals surface area contributed by atoms with E-state index in [2.05, 4.69) is 10.1 Å². The van der Waals surface area contributed by atoms with Crippen molar-refractivity contribution in [2.24, 2.45) is 0 Å². The normalized spacial score (nSPS) is 11.8. The average molecular weight is 306 g/mol. The molecule has 1 amide bonds. The maximum absolute atomic E-state index is 12.8. The number of benzene rings is 1. The molecule has 8 heteroatoms. The third kappa shape index (κ3) is 5.02. The van der Waals surface area contributed by atoms with E-state index in [1.54, 1.807) is 0 Å². The summed E-state index contributed by atoms with van der Waals surface area (Å²) >= 11 is 5.71. The van der Waals surface area contributed by atoms with Crippen LogP contribution in [-0.4, -0.2) is 43.3 Å². The van der Waals surface area contributed by atoms with Crippen molar-refractivity contribution >= 4 is 23.5 Å². The maximum Gasteiger partial charge on any atom is 0.328 e. The van der Waals surface area contributed by atoms with Gasteiger partial charge in [0.1, 0.15) is 11.6 Å². The summed E-state index contributed by atoms with van der Waals surface area (Å²) in [4.78, 5) is 22.3. The van der Waals surface area contributed by atoms with E-state index in [1.165, 1.54) is 13.2 Å². The maximum atomic E-state index is 12.8. The van der Waals surface area contributed by atoms with Gasteiger partial charge in [0, 0.05) is 7.11 Å². The number of rotatable bonds is 7. The molecule has 6 nitrogen and oxygen atoms in total. The van der Waals surface area contributed by atoms with Crippen LogP contribution in [0.25, 0.3) is 0 Å². The van der Waals surface area contributed by atoms with Gasteiger partial charge in [0.25, 0.3) is 5.91 Å². The molecule has 0 bridgehead atoms. The predicted molar refractivity (Wildman–Crippen MR) is 68.3 cm³/mol. The molecule has 0 saturated heterocycles. The van der Waals surface area contributed by atoms with E-state index in [0.717, 1.165) is 12.1 Å². The SMILES string of the molecule is COCC(NC(=O)COc1ccc(F)cc1Cl)C(=O)O. The monoisotopic (exact) mass is 305 g/mol. The van der Waals surface area contributed by atoms with Crippen molar-refractivity contribution < 1.29 is 28.6 Å². The molecule has 0 aromatic heterocycles. The first-order valence-corrected chi connectivity index (χ1v) is 5.90. The van der Waals surface area contributed by atoms with Crippen LogP contribution in [0.4, 0.5) is 4.39 Å². The molecule has 0 radical (unpaired) electrons. The molecule has 0 heterocycles. The second-order valence-electron chi connectivity index (χ2n) is 3.78. The Morgan fingerprint density at radius 3 is 2.75 bits per heavy atom. The Balaban J connectivity index is 2.52. The van der Waals surface area contributed by atoms with Gasteiger partial charge in [-0.05, 0) is 18.2 Å². The van der Waals surface area contributed by atoms with Crippen molar-refractivity contribution in [3.63, 3.8) is 0 Å². The Hall–Kier alpha value is -1.86. The fraction of sp³-hybridized carbons (Fsp3) is 0.333. The van der Waals surface area contributed by atoms with Crippen LogP contribution in [0.2, 0.25) is 5.02 Å². The molecule has 0 aliphatic carbocycles. The Labute approximate surface area is 119 Å². The number of ether oxygens (including phenoxy) is 2. The molecule has 0 aliphatic heterocycles. The number of carbonyl (C=O) groups is 2. The topological polar surface area (TPSA) is 84.9 Å². The smallest absolute Gasteiger partial charge is 0.328 e. The number of methoxy groups -OCH3 is 1. The van der Waals surface area contributed by atoms with Gasteiger partial charge in [-0.2, -0.15) is 0 Å². The first kappa shape index (κ1) is 16.2. The lowest BCUT2D eigenvalue weighted by molar-refractivity contribution is -0.143. The summed E-state index contributed by atoms with van der Waals surface area (Å²) in [7, 11) is 1.32. The van der Waals surface area contributed by atoms with Gasteiger partial charge >= 0.3 is 5.97 Å². The molecular formula is C12H13ClFNO5. The van der Waals surface area contributed by atoms with E-state index in [-0.39, 0.29) is 17.4 Å². The second kappa shape index (κ2) is 7.66. The van der Waals surface area contributed by atoms with Crippen molar-refractivity contribution in [2.75, 3.05) is 20.3 Å². The molecule has 1 unspecified atom stereocenters. The van der Waals surface area contributed by atoms with Crippen LogP contribution in [0, 0.1) is 5.82 Å². The summed E-state index contributed by atoms with van der Waals surface area (Å²) in [6, 6.07) is 2.28. The lowest BCUT2D eigenvalue weighted by Gasteiger charge is -2.14. The molecule has 1 atom stereocenters. The number of nitrogens with one attached hydrogen (secondary N) is 1. The van der Waals surface area contributed by atoms with Crippen LogP contribution >= 0.6 is 11.6 Å². The summed E-state index contributed by atoms with van der Waals surface area (Å²) < 4.78 is 22.5. The summed E-state index contributed by atoms with van der Waals surface area (Å²) in [5.74, 6) is -2.28. The molecule has 1 aromatic rings. The van der Waals surface area contributed by atoms with Gasteiger partial charge in [-0.15, -0.1) is 0 Å². The number of carbonyl (C=O) groups excluding carboxylic acids is 1. The Morgan fingerprint density at radius 2 is 2.20 bits per heavy atom. The van der Waals surface area contributed by atoms with Gasteiger partial charge in [-0.25, -0.2) is 9.18 Å². The average Bonchev–Trinajstić information content (AvgIpc) is 2.37. The van der Waals surface area contributed by atoms with Gasteiger partial charge < -0.3 is 19.9 Å². The first-order chi connectivity index (χ1) is 9.43. The minimum atomic E-state index is -1.22. The fourth-order valence-electron chi connectivity index (χ4n) is 1.31. The number of carboxylic acid groups (broad SMARTS) is 1. The van der Waals surface area contributed by atoms with Crippen LogP contribution in [0.15, 0.2) is 18.2 Å². The minimum absolute atomic E-state index is 0.0180. The third-order valence-electron chi connectivity index (χ3n) is 2.22. The predicted octanol–water partition coefficient (Wildman–Crippen LogP) is 1.07. The molecule has 0 fully saturated rings. The van der Waals surface area contributed by atoms with Gasteiger partial charge in [-0.3, -0.25) is 4.79 Å². The zero-order chi connectivity index (χ0) is 15.1. The third-order valence-corrected chi connectivity index (χ3v) is 2.51. The minimum Gasteiger partial charge on any atom is -0.482 e. The quantitative estimate of drug-likeness (QED) is 0.787. The standard InChI is InChI=1S/C12H13ClFNO5/c1-19-5-9(12(17)18)15-11(16)6-20-10-3-2-7(14)4-8(10)13/h2-4,9H,5-6H2,1H3,(H,15,16)(H,17,18). The summed E-state index contributed by atoms with van der Waals surface area (Å²) in [6.07, 6.45) is 0. The van der Waals surface area contributed by atoms with Crippen molar-refractivity contribution in [3.8, 4) is 5.75 Å². The van der Waals surface area contributed by atoms with Crippen LogP contribution in [-0.2, 0) is 14.3 Å². The van der Waals surface area contributed by atoms with Crippen molar-refractivity contribution in [3.05, 3.63) is 29.0 Å². The highest BCUT2D eigenvalue weighted by Crippen LogP contribution is 2.24. The number of aliphatic carboxylic acids is 1. The molecule has 2 N–H and O–H groups in total. The van der Waals surface area contributed by atoms with Crippen LogP contribution in [0.5, 0.6) is 5.75 Å². The number of amides is 1. The first-order valence-electron chi connectivity index (χ1n) is 5.53. The van der Waals surface area contributed by atoms with E-state index in [4.69, 9.17) is 21.4 Å². The van der Waals surface area contributed by atoms with Gasteiger partial charge in [0.15, 0.2) is 12.6 Å². The number of carboxylic acids is 1. The van der Waals surface area contributed by atoms with Gasteiger partial charge in [0.05, 0.1) is 11.6 Å². The van der Waals surface area contributed by atoms with E-state index < -0.39 is 30.3 Å². The van der Waals surface area contributed by atoms with E-state index in [0.29, 0.717) is 0 Å². The zero-order valence-corrected chi connectivity index (χ0v) is 11.3. The molecule has 0 saturated carbocycles. The lowest BCUT2D eigenvalue weighted by Crippen LogP contribution is -2.45. The molecule has 110 valence electrons. The zero-order valence-electron chi connectivity index (χ0n) is 10.6. The van der Waals surface area contributed by atoms with E-state index >= 15 is 0 Å². The van der Waals surface area contributed by atoms with Crippen molar-refractivity contribution in [2.45, 2.75) is 6.04 Å². The number of hydrogen-bond acceptors (Lipinski definition) is 4. The highest BCUT2D eigenvalue weighted by molar-refractivity contribution is 6.32.